The quantitative estimate of drug-likeness (QED) is 0.215. The lowest BCUT2D eigenvalue weighted by Gasteiger charge is -2.29. The number of nitro groups is 1. The maximum Gasteiger partial charge on any atom is 0.573 e. The molecule has 2 aromatic carbocycles. The van der Waals surface area contributed by atoms with Crippen LogP contribution in [-0.2, 0) is 13.1 Å². The molecular formula is C26H29F3N6O3. The van der Waals surface area contributed by atoms with Crippen LogP contribution in [-0.4, -0.2) is 33.8 Å². The van der Waals surface area contributed by atoms with Crippen LogP contribution in [0.2, 0.25) is 0 Å². The SMILES string of the molecule is O=[N+]([O-])c1cnc(NCc2ccccc2OC(F)(F)F)nc1NCC1CCC(NCc2ccccc2)CC1. The lowest BCUT2D eigenvalue weighted by atomic mass is 9.86. The predicted octanol–water partition coefficient (Wildman–Crippen LogP) is 5.66. The van der Waals surface area contributed by atoms with Gasteiger partial charge in [-0.3, -0.25) is 10.1 Å². The largest absolute Gasteiger partial charge is 0.573 e. The van der Waals surface area contributed by atoms with Crippen molar-refractivity contribution in [3.8, 4) is 5.75 Å². The van der Waals surface area contributed by atoms with Gasteiger partial charge in [0.1, 0.15) is 11.9 Å². The molecule has 1 aromatic heterocycles. The number of para-hydroxylation sites is 1. The first-order chi connectivity index (χ1) is 18.3. The fraction of sp³-hybridized carbons (Fsp3) is 0.385. The summed E-state index contributed by atoms with van der Waals surface area (Å²) in [7, 11) is 0. The number of aromatic nitrogens is 2. The minimum absolute atomic E-state index is 0.0498. The molecule has 1 fully saturated rings. The van der Waals surface area contributed by atoms with Crippen molar-refractivity contribution in [1.29, 1.82) is 0 Å². The molecule has 0 spiro atoms. The maximum atomic E-state index is 12.7. The zero-order chi connectivity index (χ0) is 27.0. The van der Waals surface area contributed by atoms with Crippen LogP contribution in [0.1, 0.15) is 36.8 Å². The van der Waals surface area contributed by atoms with Crippen molar-refractivity contribution in [3.63, 3.8) is 0 Å². The third kappa shape index (κ3) is 8.04. The van der Waals surface area contributed by atoms with Crippen molar-refractivity contribution in [1.82, 2.24) is 15.3 Å². The van der Waals surface area contributed by atoms with E-state index >= 15 is 0 Å². The zero-order valence-corrected chi connectivity index (χ0v) is 20.6. The molecule has 1 aliphatic rings. The number of hydrogen-bond acceptors (Lipinski definition) is 8. The van der Waals surface area contributed by atoms with Gasteiger partial charge in [0.25, 0.3) is 0 Å². The monoisotopic (exact) mass is 530 g/mol. The number of alkyl halides is 3. The summed E-state index contributed by atoms with van der Waals surface area (Å²) in [5.41, 5.74) is 1.21. The Balaban J connectivity index is 1.31. The van der Waals surface area contributed by atoms with Crippen LogP contribution in [0, 0.1) is 16.0 Å². The average molecular weight is 531 g/mol. The first-order valence-corrected chi connectivity index (χ1v) is 12.4. The van der Waals surface area contributed by atoms with Gasteiger partial charge in [0.15, 0.2) is 0 Å². The summed E-state index contributed by atoms with van der Waals surface area (Å²) in [6.45, 7) is 1.28. The lowest BCUT2D eigenvalue weighted by molar-refractivity contribution is -0.384. The van der Waals surface area contributed by atoms with Crippen LogP contribution >= 0.6 is 0 Å². The molecule has 0 radical (unpaired) electrons. The van der Waals surface area contributed by atoms with E-state index in [0.717, 1.165) is 38.4 Å². The Hall–Kier alpha value is -3.93. The topological polar surface area (TPSA) is 114 Å². The third-order valence-corrected chi connectivity index (χ3v) is 6.44. The zero-order valence-electron chi connectivity index (χ0n) is 20.6. The molecule has 12 heteroatoms. The molecule has 1 heterocycles. The van der Waals surface area contributed by atoms with Crippen LogP contribution in [0.25, 0.3) is 0 Å². The van der Waals surface area contributed by atoms with Crippen molar-refractivity contribution >= 4 is 17.5 Å². The summed E-state index contributed by atoms with van der Waals surface area (Å²) in [4.78, 5) is 19.1. The minimum atomic E-state index is -4.83. The van der Waals surface area contributed by atoms with E-state index in [0.29, 0.717) is 18.5 Å². The van der Waals surface area contributed by atoms with Crippen molar-refractivity contribution in [2.24, 2.45) is 5.92 Å². The van der Waals surface area contributed by atoms with E-state index in [2.05, 4.69) is 42.8 Å². The number of ether oxygens (including phenoxy) is 1. The summed E-state index contributed by atoms with van der Waals surface area (Å²) in [5.74, 6) is 0.106. The molecule has 0 amide bonds. The summed E-state index contributed by atoms with van der Waals surface area (Å²) in [6, 6.07) is 16.4. The van der Waals surface area contributed by atoms with E-state index < -0.39 is 11.3 Å². The number of halogens is 3. The molecule has 3 N–H and O–H groups in total. The Morgan fingerprint density at radius 1 is 0.974 bits per heavy atom. The summed E-state index contributed by atoms with van der Waals surface area (Å²) >= 11 is 0. The molecule has 9 nitrogen and oxygen atoms in total. The predicted molar refractivity (Wildman–Crippen MR) is 137 cm³/mol. The smallest absolute Gasteiger partial charge is 0.405 e. The van der Waals surface area contributed by atoms with Gasteiger partial charge in [0, 0.05) is 31.2 Å². The Kier molecular flexibility index (Phi) is 8.95. The molecule has 1 aliphatic carbocycles. The molecule has 1 saturated carbocycles. The second-order valence-electron chi connectivity index (χ2n) is 9.16. The van der Waals surface area contributed by atoms with Crippen molar-refractivity contribution in [3.05, 3.63) is 82.0 Å². The highest BCUT2D eigenvalue weighted by Crippen LogP contribution is 2.29. The van der Waals surface area contributed by atoms with Gasteiger partial charge in [-0.1, -0.05) is 48.5 Å². The minimum Gasteiger partial charge on any atom is -0.405 e. The number of benzene rings is 2. The highest BCUT2D eigenvalue weighted by molar-refractivity contribution is 5.57. The Bertz CT molecular complexity index is 1200. The van der Waals surface area contributed by atoms with Crippen molar-refractivity contribution < 1.29 is 22.8 Å². The standard InChI is InChI=1S/C26H29F3N6O3/c27-26(28,29)38-23-9-5-4-8-20(23)16-32-25-33-17-22(35(36)37)24(34-25)31-15-19-10-12-21(13-11-19)30-14-18-6-2-1-3-7-18/h1-9,17,19,21,30H,10-16H2,(H2,31,32,33,34). The molecule has 0 bridgehead atoms. The second-order valence-corrected chi connectivity index (χ2v) is 9.16. The molecular weight excluding hydrogens is 501 g/mol. The first kappa shape index (κ1) is 27.1. The molecule has 202 valence electrons. The second kappa shape index (κ2) is 12.5. The third-order valence-electron chi connectivity index (χ3n) is 6.44. The maximum absolute atomic E-state index is 12.7. The fourth-order valence-corrected chi connectivity index (χ4v) is 4.44. The number of nitrogens with one attached hydrogen (secondary N) is 3. The van der Waals surface area contributed by atoms with Crippen LogP contribution in [0.3, 0.4) is 0 Å². The van der Waals surface area contributed by atoms with Crippen LogP contribution in [0.4, 0.5) is 30.6 Å². The van der Waals surface area contributed by atoms with E-state index in [4.69, 9.17) is 0 Å². The van der Waals surface area contributed by atoms with E-state index in [1.54, 1.807) is 6.07 Å². The molecule has 0 unspecified atom stereocenters. The van der Waals surface area contributed by atoms with E-state index in [9.17, 15) is 23.3 Å². The van der Waals surface area contributed by atoms with Gasteiger partial charge in [-0.15, -0.1) is 13.2 Å². The van der Waals surface area contributed by atoms with Gasteiger partial charge >= 0.3 is 12.0 Å². The van der Waals surface area contributed by atoms with Gasteiger partial charge in [-0.2, -0.15) is 4.98 Å². The summed E-state index contributed by atoms with van der Waals surface area (Å²) in [5, 5.41) is 21.0. The van der Waals surface area contributed by atoms with Crippen molar-refractivity contribution in [2.45, 2.75) is 51.2 Å². The van der Waals surface area contributed by atoms with E-state index in [-0.39, 0.29) is 35.3 Å². The Morgan fingerprint density at radius 2 is 1.68 bits per heavy atom. The lowest BCUT2D eigenvalue weighted by Crippen LogP contribution is -2.34. The molecule has 0 atom stereocenters. The van der Waals surface area contributed by atoms with Gasteiger partial charge in [0.05, 0.1) is 4.92 Å². The number of nitrogens with zero attached hydrogens (tertiary/aromatic N) is 3. The molecule has 38 heavy (non-hydrogen) atoms. The van der Waals surface area contributed by atoms with Gasteiger partial charge in [0.2, 0.25) is 11.8 Å². The van der Waals surface area contributed by atoms with Crippen molar-refractivity contribution in [2.75, 3.05) is 17.2 Å². The number of hydrogen-bond donors (Lipinski definition) is 3. The first-order valence-electron chi connectivity index (χ1n) is 12.4. The van der Waals surface area contributed by atoms with Crippen LogP contribution < -0.4 is 20.7 Å². The highest BCUT2D eigenvalue weighted by Gasteiger charge is 2.32. The number of anilines is 2. The molecule has 4 rings (SSSR count). The Morgan fingerprint density at radius 3 is 2.39 bits per heavy atom. The van der Waals surface area contributed by atoms with E-state index in [1.807, 2.05) is 18.2 Å². The molecule has 3 aromatic rings. The highest BCUT2D eigenvalue weighted by atomic mass is 19.4. The molecule has 0 aliphatic heterocycles. The average Bonchev–Trinajstić information content (AvgIpc) is 2.90. The van der Waals surface area contributed by atoms with Gasteiger partial charge in [-0.05, 0) is 43.2 Å². The van der Waals surface area contributed by atoms with E-state index in [1.165, 1.54) is 23.8 Å². The fourth-order valence-electron chi connectivity index (χ4n) is 4.44. The van der Waals surface area contributed by atoms with Crippen LogP contribution in [0.5, 0.6) is 5.75 Å². The number of rotatable bonds is 11. The molecule has 0 saturated heterocycles. The van der Waals surface area contributed by atoms with Gasteiger partial charge in [-0.25, -0.2) is 4.98 Å². The van der Waals surface area contributed by atoms with Crippen LogP contribution in [0.15, 0.2) is 60.8 Å². The summed E-state index contributed by atoms with van der Waals surface area (Å²) < 4.78 is 42.1. The summed E-state index contributed by atoms with van der Waals surface area (Å²) in [6.07, 6.45) is 0.224. The normalized spacial score (nSPS) is 17.6. The van der Waals surface area contributed by atoms with Gasteiger partial charge < -0.3 is 20.7 Å². The Labute approximate surface area is 218 Å².